The summed E-state index contributed by atoms with van der Waals surface area (Å²) in [7, 11) is -3.43. The first-order valence-electron chi connectivity index (χ1n) is 5.60. The normalized spacial score (nSPS) is 22.1. The Kier molecular flexibility index (Phi) is 4.48. The van der Waals surface area contributed by atoms with Gasteiger partial charge in [-0.15, -0.1) is 0 Å². The molecule has 1 aliphatic rings. The molecule has 1 heterocycles. The Bertz CT molecular complexity index is 548. The van der Waals surface area contributed by atoms with Gasteiger partial charge in [-0.1, -0.05) is 15.9 Å². The van der Waals surface area contributed by atoms with Gasteiger partial charge in [-0.25, -0.2) is 8.42 Å². The van der Waals surface area contributed by atoms with E-state index in [0.29, 0.717) is 29.0 Å². The van der Waals surface area contributed by atoms with Gasteiger partial charge in [-0.05, 0) is 41.1 Å². The van der Waals surface area contributed by atoms with Crippen molar-refractivity contribution in [1.82, 2.24) is 9.62 Å². The van der Waals surface area contributed by atoms with Gasteiger partial charge in [-0.3, -0.25) is 0 Å². The van der Waals surface area contributed by atoms with E-state index in [1.165, 1.54) is 0 Å². The lowest BCUT2D eigenvalue weighted by atomic mass is 10.3. The fraction of sp³-hybridized carbons (Fsp3) is 0.455. The first kappa shape index (κ1) is 14.5. The third kappa shape index (κ3) is 2.80. The molecule has 0 bridgehead atoms. The van der Waals surface area contributed by atoms with E-state index in [0.717, 1.165) is 4.47 Å². The number of nitrogens with zero attached hydrogens (tertiary/aromatic N) is 1. The van der Waals surface area contributed by atoms with Crippen molar-refractivity contribution < 1.29 is 8.42 Å². The van der Waals surface area contributed by atoms with E-state index in [2.05, 4.69) is 37.2 Å². The second kappa shape index (κ2) is 5.58. The van der Waals surface area contributed by atoms with Crippen molar-refractivity contribution in [3.63, 3.8) is 0 Å². The SMILES string of the molecule is C[C@H]1CNCCN1S(=O)(=O)c1ccc(Br)cc1Br. The summed E-state index contributed by atoms with van der Waals surface area (Å²) >= 11 is 6.64. The van der Waals surface area contributed by atoms with Gasteiger partial charge in [0.25, 0.3) is 0 Å². The summed E-state index contributed by atoms with van der Waals surface area (Å²) < 4.78 is 28.2. The van der Waals surface area contributed by atoms with Crippen LogP contribution in [0, 0.1) is 0 Å². The van der Waals surface area contributed by atoms with Crippen molar-refractivity contribution in [2.24, 2.45) is 0 Å². The maximum Gasteiger partial charge on any atom is 0.244 e. The Hall–Kier alpha value is 0.0500. The lowest BCUT2D eigenvalue weighted by Gasteiger charge is -2.33. The highest BCUT2D eigenvalue weighted by molar-refractivity contribution is 9.11. The second-order valence-electron chi connectivity index (χ2n) is 4.24. The summed E-state index contributed by atoms with van der Waals surface area (Å²) in [4.78, 5) is 0.319. The van der Waals surface area contributed by atoms with Gasteiger partial charge < -0.3 is 5.32 Å². The molecule has 1 aliphatic heterocycles. The molecule has 0 unspecified atom stereocenters. The van der Waals surface area contributed by atoms with Crippen LogP contribution in [-0.2, 0) is 10.0 Å². The maximum atomic E-state index is 12.6. The van der Waals surface area contributed by atoms with Crippen LogP contribution in [0.1, 0.15) is 6.92 Å². The fourth-order valence-corrected chi connectivity index (χ4v) is 5.33. The molecule has 4 nitrogen and oxygen atoms in total. The third-order valence-electron chi connectivity index (χ3n) is 2.92. The highest BCUT2D eigenvalue weighted by Gasteiger charge is 2.32. The van der Waals surface area contributed by atoms with Crippen molar-refractivity contribution in [2.75, 3.05) is 19.6 Å². The standard InChI is InChI=1S/C11H14Br2N2O2S/c1-8-7-14-4-5-15(8)18(16,17)11-3-2-9(12)6-10(11)13/h2-3,6,8,14H,4-5,7H2,1H3/t8-/m0/s1. The van der Waals surface area contributed by atoms with E-state index in [1.807, 2.05) is 6.92 Å². The molecule has 1 aromatic rings. The average molecular weight is 398 g/mol. The van der Waals surface area contributed by atoms with Gasteiger partial charge in [0.15, 0.2) is 0 Å². The number of piperazine rings is 1. The summed E-state index contributed by atoms with van der Waals surface area (Å²) in [6.07, 6.45) is 0. The van der Waals surface area contributed by atoms with Crippen LogP contribution in [0.5, 0.6) is 0 Å². The smallest absolute Gasteiger partial charge is 0.244 e. The second-order valence-corrected chi connectivity index (χ2v) is 7.87. The van der Waals surface area contributed by atoms with Gasteiger partial charge in [0.1, 0.15) is 0 Å². The molecule has 100 valence electrons. The molecule has 7 heteroatoms. The summed E-state index contributed by atoms with van der Waals surface area (Å²) in [6, 6.07) is 5.09. The van der Waals surface area contributed by atoms with Crippen molar-refractivity contribution in [2.45, 2.75) is 17.9 Å². The van der Waals surface area contributed by atoms with E-state index < -0.39 is 10.0 Å². The van der Waals surface area contributed by atoms with Crippen LogP contribution in [-0.4, -0.2) is 38.4 Å². The lowest BCUT2D eigenvalue weighted by Crippen LogP contribution is -2.52. The molecule has 0 aliphatic carbocycles. The van der Waals surface area contributed by atoms with Gasteiger partial charge in [0, 0.05) is 34.6 Å². The minimum absolute atomic E-state index is 0.0284. The number of halogens is 2. The highest BCUT2D eigenvalue weighted by Crippen LogP contribution is 2.29. The van der Waals surface area contributed by atoms with Crippen molar-refractivity contribution in [3.8, 4) is 0 Å². The average Bonchev–Trinajstić information content (AvgIpc) is 2.28. The topological polar surface area (TPSA) is 49.4 Å². The number of benzene rings is 1. The number of sulfonamides is 1. The Morgan fingerprint density at radius 1 is 1.39 bits per heavy atom. The van der Waals surface area contributed by atoms with Crippen LogP contribution in [0.4, 0.5) is 0 Å². The van der Waals surface area contributed by atoms with Crippen molar-refractivity contribution >= 4 is 41.9 Å². The Labute approximate surface area is 124 Å². The summed E-state index contributed by atoms with van der Waals surface area (Å²) in [5.74, 6) is 0. The molecule has 1 atom stereocenters. The van der Waals surface area contributed by atoms with E-state index in [-0.39, 0.29) is 6.04 Å². The molecule has 1 N–H and O–H groups in total. The molecule has 0 amide bonds. The van der Waals surface area contributed by atoms with Crippen LogP contribution in [0.15, 0.2) is 32.0 Å². The van der Waals surface area contributed by atoms with Gasteiger partial charge in [0.2, 0.25) is 10.0 Å². The fourth-order valence-electron chi connectivity index (χ4n) is 1.99. The molecule has 18 heavy (non-hydrogen) atoms. The van der Waals surface area contributed by atoms with Gasteiger partial charge in [-0.2, -0.15) is 4.31 Å². The number of rotatable bonds is 2. The zero-order valence-corrected chi connectivity index (χ0v) is 13.8. The Morgan fingerprint density at radius 2 is 2.11 bits per heavy atom. The number of nitrogens with one attached hydrogen (secondary N) is 1. The van der Waals surface area contributed by atoms with E-state index in [4.69, 9.17) is 0 Å². The Balaban J connectivity index is 2.41. The molecule has 0 saturated carbocycles. The minimum atomic E-state index is -3.43. The minimum Gasteiger partial charge on any atom is -0.314 e. The first-order valence-corrected chi connectivity index (χ1v) is 8.63. The van der Waals surface area contributed by atoms with Crippen LogP contribution >= 0.6 is 31.9 Å². The Morgan fingerprint density at radius 3 is 2.72 bits per heavy atom. The quantitative estimate of drug-likeness (QED) is 0.832. The molecule has 2 rings (SSSR count). The van der Waals surface area contributed by atoms with Crippen molar-refractivity contribution in [3.05, 3.63) is 27.1 Å². The summed E-state index contributed by atoms with van der Waals surface area (Å²) in [5.41, 5.74) is 0. The molecule has 1 fully saturated rings. The van der Waals surface area contributed by atoms with Crippen molar-refractivity contribution in [1.29, 1.82) is 0 Å². The third-order valence-corrected chi connectivity index (χ3v) is 6.40. The molecular formula is C11H14Br2N2O2S. The monoisotopic (exact) mass is 396 g/mol. The largest absolute Gasteiger partial charge is 0.314 e. The highest BCUT2D eigenvalue weighted by atomic mass is 79.9. The van der Waals surface area contributed by atoms with Gasteiger partial charge >= 0.3 is 0 Å². The maximum absolute atomic E-state index is 12.6. The van der Waals surface area contributed by atoms with Gasteiger partial charge in [0.05, 0.1) is 4.90 Å². The van der Waals surface area contributed by atoms with Crippen LogP contribution in [0.25, 0.3) is 0 Å². The summed E-state index contributed by atoms with van der Waals surface area (Å²) in [5, 5.41) is 3.19. The van der Waals surface area contributed by atoms with Crippen LogP contribution in [0.2, 0.25) is 0 Å². The van der Waals surface area contributed by atoms with Crippen LogP contribution < -0.4 is 5.32 Å². The molecule has 1 saturated heterocycles. The molecular weight excluding hydrogens is 384 g/mol. The molecule has 0 aromatic heterocycles. The number of hydrogen-bond donors (Lipinski definition) is 1. The first-order chi connectivity index (χ1) is 8.43. The zero-order valence-electron chi connectivity index (χ0n) is 9.86. The molecule has 1 aromatic carbocycles. The van der Waals surface area contributed by atoms with E-state index in [9.17, 15) is 8.42 Å². The molecule has 0 radical (unpaired) electrons. The van der Waals surface area contributed by atoms with E-state index in [1.54, 1.807) is 22.5 Å². The van der Waals surface area contributed by atoms with Crippen LogP contribution in [0.3, 0.4) is 0 Å². The number of hydrogen-bond acceptors (Lipinski definition) is 3. The predicted octanol–water partition coefficient (Wildman–Crippen LogP) is 2.19. The summed E-state index contributed by atoms with van der Waals surface area (Å²) in [6.45, 7) is 3.80. The lowest BCUT2D eigenvalue weighted by molar-refractivity contribution is 0.283. The predicted molar refractivity (Wildman–Crippen MR) is 78.1 cm³/mol. The molecule has 0 spiro atoms. The van der Waals surface area contributed by atoms with E-state index >= 15 is 0 Å². The zero-order chi connectivity index (χ0) is 13.3.